The van der Waals surface area contributed by atoms with Crippen LogP contribution in [0.5, 0.6) is 0 Å². The van der Waals surface area contributed by atoms with Gasteiger partial charge in [-0.1, -0.05) is 46.0 Å². The Morgan fingerprint density at radius 1 is 1.19 bits per heavy atom. The van der Waals surface area contributed by atoms with Crippen LogP contribution in [-0.4, -0.2) is 22.1 Å². The van der Waals surface area contributed by atoms with Crippen molar-refractivity contribution in [1.29, 1.82) is 0 Å². The van der Waals surface area contributed by atoms with E-state index in [4.69, 9.17) is 5.21 Å². The third kappa shape index (κ3) is 6.11. The molecule has 0 aromatic carbocycles. The van der Waals surface area contributed by atoms with E-state index in [1.165, 1.54) is 25.5 Å². The van der Waals surface area contributed by atoms with Crippen LogP contribution in [0.3, 0.4) is 0 Å². The summed E-state index contributed by atoms with van der Waals surface area (Å²) in [6.45, 7) is 6.07. The highest BCUT2D eigenvalue weighted by Crippen LogP contribution is 2.26. The minimum atomic E-state index is -0.743. The molecule has 96 valence electrons. The molecule has 0 rings (SSSR count). The molecule has 0 spiro atoms. The zero-order valence-electron chi connectivity index (χ0n) is 10.9. The molecule has 2 N–H and O–H groups in total. The standard InChI is InChI=1S/C13H27NO2/c1-4-6-7-8-9-12(11-14-16)13(3,15)10-5-2/h11-12,15-16H,4-10H2,1-3H3. The topological polar surface area (TPSA) is 52.8 Å². The van der Waals surface area contributed by atoms with Crippen molar-refractivity contribution in [1.82, 2.24) is 0 Å². The third-order valence-corrected chi connectivity index (χ3v) is 3.17. The van der Waals surface area contributed by atoms with Crippen LogP contribution in [-0.2, 0) is 0 Å². The SMILES string of the molecule is CCCCCCC(C=NO)C(C)(O)CCC. The summed E-state index contributed by atoms with van der Waals surface area (Å²) < 4.78 is 0. The van der Waals surface area contributed by atoms with Gasteiger partial charge in [-0.15, -0.1) is 5.16 Å². The molecule has 0 saturated heterocycles. The average molecular weight is 229 g/mol. The van der Waals surface area contributed by atoms with Gasteiger partial charge in [0.15, 0.2) is 0 Å². The molecule has 0 aromatic rings. The van der Waals surface area contributed by atoms with Crippen molar-refractivity contribution in [2.45, 2.75) is 71.3 Å². The number of aliphatic hydroxyl groups is 1. The minimum Gasteiger partial charge on any atom is -0.411 e. The highest BCUT2D eigenvalue weighted by Gasteiger charge is 2.29. The summed E-state index contributed by atoms with van der Waals surface area (Å²) in [4.78, 5) is 0. The largest absolute Gasteiger partial charge is 0.411 e. The zero-order valence-corrected chi connectivity index (χ0v) is 10.9. The predicted octanol–water partition coefficient (Wildman–Crippen LogP) is 3.58. The Kier molecular flexibility index (Phi) is 8.26. The molecule has 2 atom stereocenters. The van der Waals surface area contributed by atoms with Crippen LogP contribution >= 0.6 is 0 Å². The molecular formula is C13H27NO2. The van der Waals surface area contributed by atoms with E-state index in [-0.39, 0.29) is 5.92 Å². The summed E-state index contributed by atoms with van der Waals surface area (Å²) in [7, 11) is 0. The Morgan fingerprint density at radius 3 is 2.38 bits per heavy atom. The number of rotatable bonds is 9. The van der Waals surface area contributed by atoms with Gasteiger partial charge in [0.25, 0.3) is 0 Å². The summed E-state index contributed by atoms with van der Waals surface area (Å²) in [6, 6.07) is 0. The zero-order chi connectivity index (χ0) is 12.4. The van der Waals surface area contributed by atoms with Crippen molar-refractivity contribution in [3.8, 4) is 0 Å². The highest BCUT2D eigenvalue weighted by molar-refractivity contribution is 5.61. The first-order valence-electron chi connectivity index (χ1n) is 6.48. The fourth-order valence-electron chi connectivity index (χ4n) is 2.11. The van der Waals surface area contributed by atoms with Crippen LogP contribution in [0.15, 0.2) is 5.16 Å². The smallest absolute Gasteiger partial charge is 0.0698 e. The molecule has 0 aliphatic heterocycles. The molecule has 0 fully saturated rings. The molecule has 0 aliphatic carbocycles. The van der Waals surface area contributed by atoms with Crippen LogP contribution in [0.1, 0.15) is 65.7 Å². The molecule has 0 radical (unpaired) electrons. The lowest BCUT2D eigenvalue weighted by Crippen LogP contribution is -2.35. The first-order chi connectivity index (χ1) is 7.58. The fourth-order valence-corrected chi connectivity index (χ4v) is 2.11. The summed E-state index contributed by atoms with van der Waals surface area (Å²) in [5.74, 6) is -0.0330. The van der Waals surface area contributed by atoms with Crippen LogP contribution in [0.4, 0.5) is 0 Å². The summed E-state index contributed by atoms with van der Waals surface area (Å²) in [5, 5.41) is 22.0. The molecule has 3 nitrogen and oxygen atoms in total. The van der Waals surface area contributed by atoms with Crippen LogP contribution in [0.2, 0.25) is 0 Å². The van der Waals surface area contributed by atoms with Crippen molar-refractivity contribution in [3.63, 3.8) is 0 Å². The predicted molar refractivity (Wildman–Crippen MR) is 68.1 cm³/mol. The molecular weight excluding hydrogens is 202 g/mol. The lowest BCUT2D eigenvalue weighted by molar-refractivity contribution is 0.0134. The van der Waals surface area contributed by atoms with Crippen molar-refractivity contribution < 1.29 is 10.3 Å². The minimum absolute atomic E-state index is 0.0330. The maximum absolute atomic E-state index is 10.3. The van der Waals surface area contributed by atoms with E-state index >= 15 is 0 Å². The summed E-state index contributed by atoms with van der Waals surface area (Å²) in [6.07, 6.45) is 8.80. The molecule has 0 bridgehead atoms. The van der Waals surface area contributed by atoms with Gasteiger partial charge in [0.2, 0.25) is 0 Å². The fraction of sp³-hybridized carbons (Fsp3) is 0.923. The van der Waals surface area contributed by atoms with Gasteiger partial charge in [-0.25, -0.2) is 0 Å². The number of nitrogens with zero attached hydrogens (tertiary/aromatic N) is 1. The van der Waals surface area contributed by atoms with Gasteiger partial charge >= 0.3 is 0 Å². The van der Waals surface area contributed by atoms with Crippen LogP contribution < -0.4 is 0 Å². The first kappa shape index (κ1) is 15.4. The summed E-state index contributed by atoms with van der Waals surface area (Å²) in [5.41, 5.74) is -0.743. The van der Waals surface area contributed by atoms with E-state index in [2.05, 4.69) is 19.0 Å². The van der Waals surface area contributed by atoms with Gasteiger partial charge in [-0.2, -0.15) is 0 Å². The van der Waals surface area contributed by atoms with E-state index < -0.39 is 5.60 Å². The number of hydrogen-bond acceptors (Lipinski definition) is 3. The van der Waals surface area contributed by atoms with E-state index in [1.54, 1.807) is 0 Å². The Hall–Kier alpha value is -0.570. The third-order valence-electron chi connectivity index (χ3n) is 3.17. The number of hydrogen-bond donors (Lipinski definition) is 2. The quantitative estimate of drug-likeness (QED) is 0.275. The lowest BCUT2D eigenvalue weighted by Gasteiger charge is -2.29. The molecule has 0 aromatic heterocycles. The molecule has 2 unspecified atom stereocenters. The second-order valence-corrected chi connectivity index (χ2v) is 4.83. The van der Waals surface area contributed by atoms with Gasteiger partial charge in [-0.3, -0.25) is 0 Å². The van der Waals surface area contributed by atoms with Gasteiger partial charge in [0.1, 0.15) is 0 Å². The van der Waals surface area contributed by atoms with E-state index in [1.807, 2.05) is 6.92 Å². The van der Waals surface area contributed by atoms with Crippen molar-refractivity contribution in [2.75, 3.05) is 0 Å². The molecule has 0 heterocycles. The highest BCUT2D eigenvalue weighted by atomic mass is 16.4. The Labute approximate surface area is 99.6 Å². The Bertz CT molecular complexity index is 190. The van der Waals surface area contributed by atoms with Gasteiger partial charge in [-0.05, 0) is 19.8 Å². The van der Waals surface area contributed by atoms with E-state index in [0.717, 1.165) is 25.7 Å². The van der Waals surface area contributed by atoms with Crippen molar-refractivity contribution >= 4 is 6.21 Å². The van der Waals surface area contributed by atoms with Gasteiger partial charge < -0.3 is 10.3 Å². The normalized spacial score (nSPS) is 17.5. The van der Waals surface area contributed by atoms with Crippen LogP contribution in [0.25, 0.3) is 0 Å². The second-order valence-electron chi connectivity index (χ2n) is 4.83. The molecule has 3 heteroatoms. The second kappa shape index (κ2) is 8.57. The average Bonchev–Trinajstić information content (AvgIpc) is 2.22. The van der Waals surface area contributed by atoms with Crippen molar-refractivity contribution in [3.05, 3.63) is 0 Å². The van der Waals surface area contributed by atoms with E-state index in [9.17, 15) is 5.11 Å². The van der Waals surface area contributed by atoms with Gasteiger partial charge in [0.05, 0.1) is 5.60 Å². The molecule has 16 heavy (non-hydrogen) atoms. The maximum Gasteiger partial charge on any atom is 0.0698 e. The Balaban J connectivity index is 4.15. The van der Waals surface area contributed by atoms with E-state index in [0.29, 0.717) is 0 Å². The molecule has 0 aliphatic rings. The molecule has 0 amide bonds. The van der Waals surface area contributed by atoms with Gasteiger partial charge in [0, 0.05) is 12.1 Å². The number of unbranched alkanes of at least 4 members (excludes halogenated alkanes) is 3. The lowest BCUT2D eigenvalue weighted by atomic mass is 9.82. The molecule has 0 saturated carbocycles. The first-order valence-corrected chi connectivity index (χ1v) is 6.48. The van der Waals surface area contributed by atoms with Crippen molar-refractivity contribution in [2.24, 2.45) is 11.1 Å². The Morgan fingerprint density at radius 2 is 1.88 bits per heavy atom. The number of oxime groups is 1. The van der Waals surface area contributed by atoms with Crippen LogP contribution in [0, 0.1) is 5.92 Å². The monoisotopic (exact) mass is 229 g/mol. The summed E-state index contributed by atoms with van der Waals surface area (Å²) >= 11 is 0. The maximum atomic E-state index is 10.3.